The van der Waals surface area contributed by atoms with Gasteiger partial charge in [-0.15, -0.1) is 0 Å². The smallest absolute Gasteiger partial charge is 0.124 e. The molecule has 1 aliphatic heterocycles. The number of nitrogens with one attached hydrogen (secondary N) is 1. The quantitative estimate of drug-likeness (QED) is 0.853. The van der Waals surface area contributed by atoms with Crippen molar-refractivity contribution in [2.45, 2.75) is 51.1 Å². The number of allylic oxidation sites excluding steroid dienone is 1. The summed E-state index contributed by atoms with van der Waals surface area (Å²) in [6, 6.07) is 0.587. The van der Waals surface area contributed by atoms with E-state index in [1.54, 1.807) is 6.20 Å². The van der Waals surface area contributed by atoms with E-state index in [4.69, 9.17) is 4.98 Å². The molecule has 1 N–H and O–H groups in total. The summed E-state index contributed by atoms with van der Waals surface area (Å²) in [6.45, 7) is 9.87. The number of fused-ring (bicyclic) bond motifs is 1. The second kappa shape index (κ2) is 6.67. The summed E-state index contributed by atoms with van der Waals surface area (Å²) in [6.07, 6.45) is 11.5. The van der Waals surface area contributed by atoms with Gasteiger partial charge in [0.1, 0.15) is 5.82 Å². The minimum Gasteiger partial charge on any atom is -0.344 e. The molecule has 4 heteroatoms. The van der Waals surface area contributed by atoms with E-state index in [0.717, 1.165) is 48.5 Å². The topological polar surface area (TPSA) is 44.3 Å². The van der Waals surface area contributed by atoms with Crippen LogP contribution in [0.4, 0.5) is 0 Å². The van der Waals surface area contributed by atoms with Crippen LogP contribution in [0, 0.1) is 0 Å². The fourth-order valence-electron chi connectivity index (χ4n) is 3.72. The Kier molecular flexibility index (Phi) is 4.62. The first-order valence-electron chi connectivity index (χ1n) is 8.43. The van der Waals surface area contributed by atoms with E-state index in [9.17, 15) is 0 Å². The Morgan fingerprint density at radius 3 is 3.00 bits per heavy atom. The van der Waals surface area contributed by atoms with Crippen molar-refractivity contribution in [1.82, 2.24) is 14.9 Å². The average molecular weight is 310 g/mol. The van der Waals surface area contributed by atoms with E-state index in [1.165, 1.54) is 12.1 Å². The lowest BCUT2D eigenvalue weighted by molar-refractivity contribution is 0.148. The molecule has 1 saturated heterocycles. The maximum absolute atomic E-state index is 4.84. The van der Waals surface area contributed by atoms with Crippen LogP contribution in [-0.2, 0) is 6.42 Å². The van der Waals surface area contributed by atoms with Crippen LogP contribution in [0.25, 0.3) is 6.08 Å². The molecule has 4 nitrogen and oxygen atoms in total. The molecule has 0 spiro atoms. The number of hydrogen-bond acceptors (Lipinski definition) is 3. The van der Waals surface area contributed by atoms with Gasteiger partial charge in [0.15, 0.2) is 0 Å². The molecule has 0 aromatic carbocycles. The maximum atomic E-state index is 4.84. The zero-order valence-corrected chi connectivity index (χ0v) is 14.2. The molecule has 1 aromatic heterocycles. The van der Waals surface area contributed by atoms with Gasteiger partial charge in [-0.3, -0.25) is 9.89 Å². The maximum Gasteiger partial charge on any atom is 0.124 e. The van der Waals surface area contributed by atoms with Crippen LogP contribution in [0.5, 0.6) is 0 Å². The van der Waals surface area contributed by atoms with E-state index < -0.39 is 0 Å². The number of H-pyrrole nitrogens is 1. The van der Waals surface area contributed by atoms with E-state index in [0.29, 0.717) is 6.04 Å². The number of likely N-dealkylation sites (tertiary alicyclic amines) is 1. The van der Waals surface area contributed by atoms with E-state index in [-0.39, 0.29) is 6.04 Å². The zero-order valence-electron chi connectivity index (χ0n) is 14.2. The van der Waals surface area contributed by atoms with Crippen molar-refractivity contribution in [3.05, 3.63) is 48.2 Å². The molecule has 3 rings (SSSR count). The highest BCUT2D eigenvalue weighted by atomic mass is 15.2. The number of aromatic amines is 1. The van der Waals surface area contributed by atoms with E-state index >= 15 is 0 Å². The average Bonchev–Trinajstić information content (AvgIpc) is 2.96. The second-order valence-corrected chi connectivity index (χ2v) is 6.53. The third-order valence-corrected chi connectivity index (χ3v) is 4.90. The van der Waals surface area contributed by atoms with Crippen LogP contribution in [0.1, 0.15) is 55.9 Å². The molecule has 2 unspecified atom stereocenters. The van der Waals surface area contributed by atoms with Crippen LogP contribution >= 0.6 is 0 Å². The number of aryl methyl sites for hydroxylation is 1. The summed E-state index contributed by atoms with van der Waals surface area (Å²) >= 11 is 0. The first-order valence-corrected chi connectivity index (χ1v) is 8.43. The van der Waals surface area contributed by atoms with Gasteiger partial charge >= 0.3 is 0 Å². The largest absolute Gasteiger partial charge is 0.344 e. The highest BCUT2D eigenvalue weighted by Gasteiger charge is 2.33. The van der Waals surface area contributed by atoms with Crippen LogP contribution in [0.15, 0.2) is 36.0 Å². The van der Waals surface area contributed by atoms with Crippen LogP contribution in [-0.4, -0.2) is 33.7 Å². The van der Waals surface area contributed by atoms with Crippen LogP contribution in [0.3, 0.4) is 0 Å². The fourth-order valence-corrected chi connectivity index (χ4v) is 3.72. The summed E-state index contributed by atoms with van der Waals surface area (Å²) in [5, 5.41) is 0. The van der Waals surface area contributed by atoms with Gasteiger partial charge in [0.25, 0.3) is 0 Å². The summed E-state index contributed by atoms with van der Waals surface area (Å²) in [7, 11) is 2.17. The normalized spacial score (nSPS) is 25.2. The Hall–Kier alpha value is -1.94. The molecule has 1 aromatic rings. The number of aromatic nitrogens is 2. The van der Waals surface area contributed by atoms with Crippen molar-refractivity contribution >= 4 is 11.8 Å². The number of rotatable bonds is 4. The highest BCUT2D eigenvalue weighted by Crippen LogP contribution is 2.34. The molecule has 2 atom stereocenters. The number of piperidine rings is 1. The molecular weight excluding hydrogens is 284 g/mol. The molecule has 0 radical (unpaired) electrons. The lowest BCUT2D eigenvalue weighted by atomic mass is 9.90. The van der Waals surface area contributed by atoms with Crippen LogP contribution in [0.2, 0.25) is 0 Å². The molecule has 0 saturated carbocycles. The molecule has 2 heterocycles. The first kappa shape index (κ1) is 15.9. The van der Waals surface area contributed by atoms with Gasteiger partial charge in [0.2, 0.25) is 0 Å². The fraction of sp³-hybridized carbons (Fsp3) is 0.474. The van der Waals surface area contributed by atoms with Gasteiger partial charge in [-0.05, 0) is 57.7 Å². The van der Waals surface area contributed by atoms with E-state index in [2.05, 4.69) is 47.2 Å². The molecule has 0 bridgehead atoms. The SMILES string of the molecule is C=CN=C(C(=C)C)C1CCCC(c2nc3c([nH]2)CCC=C3)N1C. The summed E-state index contributed by atoms with van der Waals surface area (Å²) in [5.74, 6) is 1.09. The minimum atomic E-state index is 0.280. The Labute approximate surface area is 138 Å². The Morgan fingerprint density at radius 2 is 2.30 bits per heavy atom. The predicted octanol–water partition coefficient (Wildman–Crippen LogP) is 4.06. The molecule has 2 aliphatic rings. The first-order chi connectivity index (χ1) is 11.1. The van der Waals surface area contributed by atoms with Gasteiger partial charge in [0.05, 0.1) is 23.5 Å². The molecule has 0 amide bonds. The van der Waals surface area contributed by atoms with E-state index in [1.807, 2.05) is 6.92 Å². The number of aliphatic imine (C=N–C) groups is 1. The second-order valence-electron chi connectivity index (χ2n) is 6.53. The van der Waals surface area contributed by atoms with Gasteiger partial charge in [0, 0.05) is 11.9 Å². The standard InChI is InChI=1S/C19H26N4/c1-5-20-18(13(2)3)16-11-8-12-17(23(16)4)19-21-14-9-6-7-10-15(14)22-19/h5-6,9,16-17H,1-2,7-8,10-12H2,3-4H3,(H,21,22). The lowest BCUT2D eigenvalue weighted by Crippen LogP contribution is -2.44. The summed E-state index contributed by atoms with van der Waals surface area (Å²) < 4.78 is 0. The highest BCUT2D eigenvalue weighted by molar-refractivity contribution is 6.03. The lowest BCUT2D eigenvalue weighted by Gasteiger charge is -2.39. The summed E-state index contributed by atoms with van der Waals surface area (Å²) in [4.78, 5) is 15.3. The van der Waals surface area contributed by atoms with Crippen LogP contribution < -0.4 is 0 Å². The third-order valence-electron chi connectivity index (χ3n) is 4.90. The van der Waals surface area contributed by atoms with Crippen molar-refractivity contribution < 1.29 is 0 Å². The molecular formula is C19H26N4. The summed E-state index contributed by atoms with van der Waals surface area (Å²) in [5.41, 5.74) is 4.45. The molecule has 1 aliphatic carbocycles. The Morgan fingerprint density at radius 1 is 1.48 bits per heavy atom. The van der Waals surface area contributed by atoms with Crippen molar-refractivity contribution in [1.29, 1.82) is 0 Å². The van der Waals surface area contributed by atoms with Gasteiger partial charge in [-0.25, -0.2) is 4.98 Å². The minimum absolute atomic E-state index is 0.280. The monoisotopic (exact) mass is 310 g/mol. The van der Waals surface area contributed by atoms with Gasteiger partial charge in [-0.1, -0.05) is 19.2 Å². The molecule has 1 fully saturated rings. The van der Waals surface area contributed by atoms with Gasteiger partial charge in [-0.2, -0.15) is 0 Å². The van der Waals surface area contributed by atoms with Gasteiger partial charge < -0.3 is 4.98 Å². The Balaban J connectivity index is 1.87. The number of imidazole rings is 1. The number of nitrogens with zero attached hydrogens (tertiary/aromatic N) is 3. The van der Waals surface area contributed by atoms with Crippen molar-refractivity contribution in [2.75, 3.05) is 7.05 Å². The Bertz CT molecular complexity index is 665. The van der Waals surface area contributed by atoms with Crippen molar-refractivity contribution in [3.8, 4) is 0 Å². The number of hydrogen-bond donors (Lipinski definition) is 1. The molecule has 23 heavy (non-hydrogen) atoms. The van der Waals surface area contributed by atoms with Crippen molar-refractivity contribution in [3.63, 3.8) is 0 Å². The van der Waals surface area contributed by atoms with Crippen molar-refractivity contribution in [2.24, 2.45) is 4.99 Å². The third kappa shape index (κ3) is 3.08. The predicted molar refractivity (Wildman–Crippen MR) is 96.5 cm³/mol. The molecule has 122 valence electrons. The zero-order chi connectivity index (χ0) is 16.4.